The van der Waals surface area contributed by atoms with Crippen molar-refractivity contribution in [2.75, 3.05) is 13.2 Å². The van der Waals surface area contributed by atoms with Gasteiger partial charge in [-0.05, 0) is 37.7 Å². The van der Waals surface area contributed by atoms with E-state index in [9.17, 15) is 18.3 Å². The van der Waals surface area contributed by atoms with E-state index in [-0.39, 0.29) is 30.3 Å². The Bertz CT molecular complexity index is 721. The van der Waals surface area contributed by atoms with Crippen molar-refractivity contribution in [2.45, 2.75) is 56.1 Å². The van der Waals surface area contributed by atoms with Crippen LogP contribution in [-0.4, -0.2) is 50.8 Å². The highest BCUT2D eigenvalue weighted by Gasteiger charge is 2.34. The van der Waals surface area contributed by atoms with Gasteiger partial charge in [-0.3, -0.25) is 4.79 Å². The zero-order valence-electron chi connectivity index (χ0n) is 15.3. The summed E-state index contributed by atoms with van der Waals surface area (Å²) in [4.78, 5) is 11.7. The maximum Gasteiger partial charge on any atom is 0.223 e. The normalized spacial score (nSPS) is 25.9. The van der Waals surface area contributed by atoms with Gasteiger partial charge in [0, 0.05) is 12.5 Å². The number of aliphatic hydroxyl groups is 1. The monoisotopic (exact) mass is 396 g/mol. The fourth-order valence-electron chi connectivity index (χ4n) is 3.39. The van der Waals surface area contributed by atoms with Crippen LogP contribution in [0.15, 0.2) is 30.3 Å². The molecule has 0 radical (unpaired) electrons. The molecule has 7 nitrogen and oxygen atoms in total. The molecule has 1 aromatic carbocycles. The van der Waals surface area contributed by atoms with E-state index in [0.29, 0.717) is 31.4 Å². The van der Waals surface area contributed by atoms with Crippen molar-refractivity contribution >= 4 is 15.9 Å². The van der Waals surface area contributed by atoms with Crippen molar-refractivity contribution in [1.82, 2.24) is 10.0 Å². The Balaban J connectivity index is 1.46. The molecule has 1 saturated carbocycles. The minimum absolute atomic E-state index is 0.0865. The molecule has 2 aliphatic rings. The van der Waals surface area contributed by atoms with Crippen molar-refractivity contribution in [3.63, 3.8) is 0 Å². The summed E-state index contributed by atoms with van der Waals surface area (Å²) in [6, 6.07) is 8.54. The minimum Gasteiger partial charge on any atom is -0.394 e. The van der Waals surface area contributed by atoms with Crippen molar-refractivity contribution in [3.05, 3.63) is 35.9 Å². The summed E-state index contributed by atoms with van der Waals surface area (Å²) in [6.45, 7) is 0.298. The Hall–Kier alpha value is -1.48. The van der Waals surface area contributed by atoms with E-state index in [4.69, 9.17) is 4.74 Å². The minimum atomic E-state index is -3.52. The second-order valence-electron chi connectivity index (χ2n) is 7.38. The topological polar surface area (TPSA) is 105 Å². The number of carbonyl (C=O) groups excluding carboxylic acids is 1. The smallest absolute Gasteiger partial charge is 0.223 e. The third-order valence-electron chi connectivity index (χ3n) is 5.04. The van der Waals surface area contributed by atoms with Gasteiger partial charge in [0.05, 0.1) is 30.6 Å². The van der Waals surface area contributed by atoms with Crippen molar-refractivity contribution in [2.24, 2.45) is 5.92 Å². The quantitative estimate of drug-likeness (QED) is 0.576. The highest BCUT2D eigenvalue weighted by Crippen LogP contribution is 2.29. The van der Waals surface area contributed by atoms with Crippen LogP contribution in [0.5, 0.6) is 0 Å². The molecule has 0 bridgehead atoms. The summed E-state index contributed by atoms with van der Waals surface area (Å²) < 4.78 is 33.4. The lowest BCUT2D eigenvalue weighted by Crippen LogP contribution is -2.51. The van der Waals surface area contributed by atoms with Gasteiger partial charge in [-0.1, -0.05) is 30.3 Å². The molecule has 1 aliphatic heterocycles. The standard InChI is InChI=1S/C19H28N2O5S/c22-12-18-17(21-27(24,25)13-14-4-2-1-3-5-14)9-8-16(26-18)10-11-20-19(23)15-6-7-15/h1-5,15-18,21-22H,6-13H2,(H,20,23)/t16-,17-,18+/m1/s1. The predicted octanol–water partition coefficient (Wildman–Crippen LogP) is 0.931. The average molecular weight is 397 g/mol. The van der Waals surface area contributed by atoms with Gasteiger partial charge in [0.15, 0.2) is 0 Å². The van der Waals surface area contributed by atoms with Gasteiger partial charge in [-0.15, -0.1) is 0 Å². The molecule has 3 N–H and O–H groups in total. The van der Waals surface area contributed by atoms with Gasteiger partial charge in [0.2, 0.25) is 15.9 Å². The molecule has 3 rings (SSSR count). The predicted molar refractivity (Wildman–Crippen MR) is 101 cm³/mol. The Kier molecular flexibility index (Phi) is 6.86. The summed E-state index contributed by atoms with van der Waals surface area (Å²) in [5.41, 5.74) is 0.714. The first-order valence-corrected chi connectivity index (χ1v) is 11.2. The van der Waals surface area contributed by atoms with Crippen molar-refractivity contribution < 1.29 is 23.1 Å². The third kappa shape index (κ3) is 6.27. The van der Waals surface area contributed by atoms with Crippen LogP contribution in [0.1, 0.15) is 37.7 Å². The summed E-state index contributed by atoms with van der Waals surface area (Å²) in [5.74, 6) is 0.195. The molecule has 2 fully saturated rings. The number of nitrogens with one attached hydrogen (secondary N) is 2. The number of hydrogen-bond donors (Lipinski definition) is 3. The molecule has 1 saturated heterocycles. The number of aliphatic hydroxyl groups excluding tert-OH is 1. The number of hydrogen-bond acceptors (Lipinski definition) is 5. The van der Waals surface area contributed by atoms with Crippen LogP contribution in [0.2, 0.25) is 0 Å². The van der Waals surface area contributed by atoms with E-state index >= 15 is 0 Å². The molecule has 8 heteroatoms. The summed E-state index contributed by atoms with van der Waals surface area (Å²) in [7, 11) is -3.52. The Morgan fingerprint density at radius 3 is 2.56 bits per heavy atom. The lowest BCUT2D eigenvalue weighted by Gasteiger charge is -2.36. The molecular weight excluding hydrogens is 368 g/mol. The summed E-state index contributed by atoms with van der Waals surface area (Å²) >= 11 is 0. The second-order valence-corrected chi connectivity index (χ2v) is 9.13. The van der Waals surface area contributed by atoms with E-state index in [1.165, 1.54) is 0 Å². The van der Waals surface area contributed by atoms with Crippen LogP contribution in [0.3, 0.4) is 0 Å². The fraction of sp³-hybridized carbons (Fsp3) is 0.632. The molecule has 0 aromatic heterocycles. The number of sulfonamides is 1. The van der Waals surface area contributed by atoms with Crippen molar-refractivity contribution in [3.8, 4) is 0 Å². The Morgan fingerprint density at radius 1 is 1.15 bits per heavy atom. The number of carbonyl (C=O) groups is 1. The molecule has 150 valence electrons. The molecule has 3 atom stereocenters. The first-order chi connectivity index (χ1) is 13.0. The number of rotatable bonds is 9. The third-order valence-corrected chi connectivity index (χ3v) is 6.41. The average Bonchev–Trinajstić information content (AvgIpc) is 3.48. The van der Waals surface area contributed by atoms with Gasteiger partial charge in [-0.2, -0.15) is 0 Å². The van der Waals surface area contributed by atoms with Crippen LogP contribution < -0.4 is 10.0 Å². The van der Waals surface area contributed by atoms with E-state index in [1.54, 1.807) is 24.3 Å². The maximum atomic E-state index is 12.4. The largest absolute Gasteiger partial charge is 0.394 e. The molecule has 27 heavy (non-hydrogen) atoms. The second kappa shape index (κ2) is 9.14. The molecule has 0 unspecified atom stereocenters. The van der Waals surface area contributed by atoms with E-state index in [2.05, 4.69) is 10.0 Å². The highest BCUT2D eigenvalue weighted by molar-refractivity contribution is 7.88. The van der Waals surface area contributed by atoms with Crippen LogP contribution in [-0.2, 0) is 25.3 Å². The van der Waals surface area contributed by atoms with Crippen LogP contribution >= 0.6 is 0 Å². The lowest BCUT2D eigenvalue weighted by atomic mass is 9.98. The summed E-state index contributed by atoms with van der Waals surface area (Å²) in [6.07, 6.45) is 3.24. The molecular formula is C19H28N2O5S. The zero-order chi connectivity index (χ0) is 19.3. The molecule has 0 spiro atoms. The Morgan fingerprint density at radius 2 is 1.89 bits per heavy atom. The number of amides is 1. The van der Waals surface area contributed by atoms with Gasteiger partial charge in [-0.25, -0.2) is 13.1 Å². The van der Waals surface area contributed by atoms with Crippen molar-refractivity contribution in [1.29, 1.82) is 0 Å². The molecule has 1 amide bonds. The molecule has 1 aliphatic carbocycles. The Labute approximate surface area is 160 Å². The first kappa shape index (κ1) is 20.3. The number of ether oxygens (including phenoxy) is 1. The molecule has 1 aromatic rings. The van der Waals surface area contributed by atoms with Gasteiger partial charge < -0.3 is 15.2 Å². The maximum absolute atomic E-state index is 12.4. The highest BCUT2D eigenvalue weighted by atomic mass is 32.2. The summed E-state index contributed by atoms with van der Waals surface area (Å²) in [5, 5.41) is 12.5. The van der Waals surface area contributed by atoms with Gasteiger partial charge in [0.25, 0.3) is 0 Å². The van der Waals surface area contributed by atoms with Crippen LogP contribution in [0.25, 0.3) is 0 Å². The van der Waals surface area contributed by atoms with Gasteiger partial charge in [0.1, 0.15) is 0 Å². The lowest BCUT2D eigenvalue weighted by molar-refractivity contribution is -0.122. The van der Waals surface area contributed by atoms with E-state index < -0.39 is 22.2 Å². The van der Waals surface area contributed by atoms with E-state index in [0.717, 1.165) is 12.8 Å². The SMILES string of the molecule is O=C(NCC[C@H]1CC[C@@H](NS(=O)(=O)Cc2ccccc2)[C@H](CO)O1)C1CC1. The molecule has 1 heterocycles. The number of benzene rings is 1. The fourth-order valence-corrected chi connectivity index (χ4v) is 4.84. The first-order valence-electron chi connectivity index (χ1n) is 9.55. The van der Waals surface area contributed by atoms with Crippen LogP contribution in [0.4, 0.5) is 0 Å². The van der Waals surface area contributed by atoms with E-state index in [1.807, 2.05) is 6.07 Å². The van der Waals surface area contributed by atoms with Gasteiger partial charge >= 0.3 is 0 Å². The zero-order valence-corrected chi connectivity index (χ0v) is 16.2. The van der Waals surface area contributed by atoms with Crippen LogP contribution in [0, 0.1) is 5.92 Å².